The predicted molar refractivity (Wildman–Crippen MR) is 119 cm³/mol. The number of nitrogens with one attached hydrogen (secondary N) is 2. The number of halogens is 6. The first-order valence-electron chi connectivity index (χ1n) is 10.6. The Kier molecular flexibility index (Phi) is 6.70. The van der Waals surface area contributed by atoms with Gasteiger partial charge in [0.05, 0.1) is 11.1 Å². The summed E-state index contributed by atoms with van der Waals surface area (Å²) in [5.41, 5.74) is 4.48. The van der Waals surface area contributed by atoms with Crippen molar-refractivity contribution >= 4 is 29.2 Å². The number of rotatable bonds is 5. The van der Waals surface area contributed by atoms with Gasteiger partial charge in [-0.2, -0.15) is 41.3 Å². The Morgan fingerprint density at radius 2 is 1.31 bits per heavy atom. The van der Waals surface area contributed by atoms with Gasteiger partial charge in [-0.3, -0.25) is 0 Å². The van der Waals surface area contributed by atoms with Crippen LogP contribution in [0.1, 0.15) is 24.0 Å². The standard InChI is InChI=1S/C22H21F6N7/c23-21(24,25)13-4-1-7-16(10-13)30-18-32-19(31-17-8-2-5-14(11-17)22(26,27)28)34-20(33-18)35-9-3-6-15(29)12-35/h1-2,4-5,7-8,10-11,15H,3,6,9,12,29H2,(H2,30,31,32,33,34). The molecule has 4 N–H and O–H groups in total. The average Bonchev–Trinajstić information content (AvgIpc) is 2.78. The van der Waals surface area contributed by atoms with Crippen LogP contribution in [0.25, 0.3) is 0 Å². The molecule has 35 heavy (non-hydrogen) atoms. The van der Waals surface area contributed by atoms with Gasteiger partial charge in [-0.15, -0.1) is 0 Å². The molecule has 7 nitrogen and oxygen atoms in total. The molecule has 2 aromatic carbocycles. The maximum Gasteiger partial charge on any atom is 0.416 e. The van der Waals surface area contributed by atoms with Crippen molar-refractivity contribution in [2.45, 2.75) is 31.2 Å². The zero-order valence-corrected chi connectivity index (χ0v) is 18.2. The van der Waals surface area contributed by atoms with Crippen molar-refractivity contribution in [3.63, 3.8) is 0 Å². The van der Waals surface area contributed by atoms with Gasteiger partial charge in [0, 0.05) is 30.5 Å². The van der Waals surface area contributed by atoms with Gasteiger partial charge in [0.1, 0.15) is 0 Å². The van der Waals surface area contributed by atoms with E-state index in [-0.39, 0.29) is 35.3 Å². The molecular formula is C22H21F6N7. The zero-order chi connectivity index (χ0) is 25.2. The first-order valence-corrected chi connectivity index (χ1v) is 10.6. The van der Waals surface area contributed by atoms with Crippen molar-refractivity contribution in [2.75, 3.05) is 28.6 Å². The van der Waals surface area contributed by atoms with Crippen LogP contribution in [0, 0.1) is 0 Å². The van der Waals surface area contributed by atoms with Gasteiger partial charge >= 0.3 is 12.4 Å². The Bertz CT molecular complexity index is 1100. The van der Waals surface area contributed by atoms with Crippen LogP contribution >= 0.6 is 0 Å². The summed E-state index contributed by atoms with van der Waals surface area (Å²) >= 11 is 0. The van der Waals surface area contributed by atoms with E-state index in [9.17, 15) is 26.3 Å². The second-order valence-corrected chi connectivity index (χ2v) is 8.04. The highest BCUT2D eigenvalue weighted by Gasteiger charge is 2.31. The van der Waals surface area contributed by atoms with E-state index in [1.165, 1.54) is 24.3 Å². The fraction of sp³-hybridized carbons (Fsp3) is 0.318. The molecule has 13 heteroatoms. The summed E-state index contributed by atoms with van der Waals surface area (Å²) < 4.78 is 78.6. The predicted octanol–water partition coefficient (Wildman–Crippen LogP) is 5.32. The molecule has 2 heterocycles. The van der Waals surface area contributed by atoms with Crippen LogP contribution < -0.4 is 21.3 Å². The van der Waals surface area contributed by atoms with Crippen LogP contribution in [0.2, 0.25) is 0 Å². The van der Waals surface area contributed by atoms with E-state index in [4.69, 9.17) is 5.73 Å². The summed E-state index contributed by atoms with van der Waals surface area (Å²) in [5, 5.41) is 5.46. The first kappa shape index (κ1) is 24.5. The number of hydrogen-bond acceptors (Lipinski definition) is 7. The number of alkyl halides is 6. The van der Waals surface area contributed by atoms with Crippen molar-refractivity contribution in [3.05, 3.63) is 59.7 Å². The minimum atomic E-state index is -4.54. The molecule has 0 aliphatic carbocycles. The largest absolute Gasteiger partial charge is 0.416 e. The summed E-state index contributed by atoms with van der Waals surface area (Å²) in [6, 6.07) is 8.84. The molecule has 0 bridgehead atoms. The summed E-state index contributed by atoms with van der Waals surface area (Å²) in [6.45, 7) is 1.03. The molecule has 186 valence electrons. The van der Waals surface area contributed by atoms with Gasteiger partial charge in [-0.05, 0) is 49.2 Å². The van der Waals surface area contributed by atoms with E-state index in [1.807, 2.05) is 0 Å². The fourth-order valence-corrected chi connectivity index (χ4v) is 3.61. The normalized spacial score (nSPS) is 16.8. The number of piperidine rings is 1. The van der Waals surface area contributed by atoms with Crippen molar-refractivity contribution in [1.29, 1.82) is 0 Å². The molecule has 4 rings (SSSR count). The molecule has 0 amide bonds. The van der Waals surface area contributed by atoms with Gasteiger partial charge < -0.3 is 21.3 Å². The molecule has 1 aliphatic heterocycles. The molecule has 1 saturated heterocycles. The molecular weight excluding hydrogens is 476 g/mol. The number of anilines is 5. The lowest BCUT2D eigenvalue weighted by molar-refractivity contribution is -0.138. The monoisotopic (exact) mass is 497 g/mol. The molecule has 1 fully saturated rings. The number of aromatic nitrogens is 3. The summed E-state index contributed by atoms with van der Waals surface area (Å²) in [4.78, 5) is 14.6. The number of nitrogens with two attached hydrogens (primary N) is 1. The highest BCUT2D eigenvalue weighted by atomic mass is 19.4. The fourth-order valence-electron chi connectivity index (χ4n) is 3.61. The summed E-state index contributed by atoms with van der Waals surface area (Å²) in [6.07, 6.45) is -7.49. The third-order valence-electron chi connectivity index (χ3n) is 5.26. The second kappa shape index (κ2) is 9.56. The van der Waals surface area contributed by atoms with Crippen LogP contribution in [0.15, 0.2) is 48.5 Å². The van der Waals surface area contributed by atoms with Gasteiger partial charge in [0.15, 0.2) is 0 Å². The van der Waals surface area contributed by atoms with Crippen LogP contribution in [0.5, 0.6) is 0 Å². The molecule has 3 aromatic rings. The lowest BCUT2D eigenvalue weighted by Gasteiger charge is -2.31. The SMILES string of the molecule is NC1CCCN(c2nc(Nc3cccc(C(F)(F)F)c3)nc(Nc3cccc(C(F)(F)F)c3)n2)C1. The van der Waals surface area contributed by atoms with Crippen LogP contribution in [0.4, 0.5) is 55.6 Å². The molecule has 0 saturated carbocycles. The van der Waals surface area contributed by atoms with E-state index in [0.29, 0.717) is 13.1 Å². The van der Waals surface area contributed by atoms with Crippen molar-refractivity contribution in [2.24, 2.45) is 5.73 Å². The molecule has 1 unspecified atom stereocenters. The van der Waals surface area contributed by atoms with Crippen LogP contribution in [0.3, 0.4) is 0 Å². The zero-order valence-electron chi connectivity index (χ0n) is 18.2. The van der Waals surface area contributed by atoms with Crippen LogP contribution in [-0.2, 0) is 12.4 Å². The van der Waals surface area contributed by atoms with Crippen molar-refractivity contribution < 1.29 is 26.3 Å². The van der Waals surface area contributed by atoms with Gasteiger partial charge in [0.2, 0.25) is 17.8 Å². The summed E-state index contributed by atoms with van der Waals surface area (Å²) in [7, 11) is 0. The second-order valence-electron chi connectivity index (χ2n) is 8.04. The maximum absolute atomic E-state index is 13.1. The highest BCUT2D eigenvalue weighted by molar-refractivity contribution is 5.60. The molecule has 0 spiro atoms. The highest BCUT2D eigenvalue weighted by Crippen LogP contribution is 2.33. The number of hydrogen-bond donors (Lipinski definition) is 3. The number of nitrogens with zero attached hydrogens (tertiary/aromatic N) is 4. The molecule has 1 atom stereocenters. The Labute approximate surface area is 196 Å². The Hall–Kier alpha value is -3.61. The van der Waals surface area contributed by atoms with Gasteiger partial charge in [-0.1, -0.05) is 12.1 Å². The maximum atomic E-state index is 13.1. The Morgan fingerprint density at radius 3 is 1.77 bits per heavy atom. The van der Waals surface area contributed by atoms with Gasteiger partial charge in [0.25, 0.3) is 0 Å². The smallest absolute Gasteiger partial charge is 0.339 e. The molecule has 1 aromatic heterocycles. The lowest BCUT2D eigenvalue weighted by atomic mass is 10.1. The third kappa shape index (κ3) is 6.29. The van der Waals surface area contributed by atoms with E-state index >= 15 is 0 Å². The number of benzene rings is 2. The first-order chi connectivity index (χ1) is 16.5. The lowest BCUT2D eigenvalue weighted by Crippen LogP contribution is -2.43. The molecule has 0 radical (unpaired) electrons. The minimum absolute atomic E-state index is 0.0806. The van der Waals surface area contributed by atoms with E-state index in [1.54, 1.807) is 4.90 Å². The molecule has 1 aliphatic rings. The third-order valence-corrected chi connectivity index (χ3v) is 5.26. The quantitative estimate of drug-likeness (QED) is 0.411. The van der Waals surface area contributed by atoms with Crippen molar-refractivity contribution in [3.8, 4) is 0 Å². The van der Waals surface area contributed by atoms with Crippen LogP contribution in [-0.4, -0.2) is 34.1 Å². The van der Waals surface area contributed by atoms with Gasteiger partial charge in [-0.25, -0.2) is 0 Å². The Morgan fingerprint density at radius 1 is 0.800 bits per heavy atom. The van der Waals surface area contributed by atoms with E-state index < -0.39 is 23.5 Å². The average molecular weight is 497 g/mol. The minimum Gasteiger partial charge on any atom is -0.339 e. The summed E-state index contributed by atoms with van der Waals surface area (Å²) in [5.74, 6) is 0.0324. The van der Waals surface area contributed by atoms with Crippen molar-refractivity contribution in [1.82, 2.24) is 15.0 Å². The topological polar surface area (TPSA) is 92.0 Å². The van der Waals surface area contributed by atoms with E-state index in [2.05, 4.69) is 25.6 Å². The Balaban J connectivity index is 1.67. The van der Waals surface area contributed by atoms with E-state index in [0.717, 1.165) is 37.1 Å².